The summed E-state index contributed by atoms with van der Waals surface area (Å²) in [6, 6.07) is 6.04. The molecule has 5 rings (SSSR count). The Morgan fingerprint density at radius 1 is 1.17 bits per heavy atom. The van der Waals surface area contributed by atoms with Crippen molar-refractivity contribution in [2.24, 2.45) is 0 Å². The van der Waals surface area contributed by atoms with Crippen molar-refractivity contribution in [2.75, 3.05) is 25.0 Å². The molecule has 1 fully saturated rings. The Bertz CT molecular complexity index is 1540. The van der Waals surface area contributed by atoms with Gasteiger partial charge in [-0.15, -0.1) is 0 Å². The number of hydrogen-bond acceptors (Lipinski definition) is 9. The van der Waals surface area contributed by atoms with Gasteiger partial charge in [0.1, 0.15) is 23.3 Å². The molecule has 1 atom stereocenters. The van der Waals surface area contributed by atoms with E-state index in [4.69, 9.17) is 20.8 Å². The molecule has 4 aromatic heterocycles. The number of anilines is 1. The summed E-state index contributed by atoms with van der Waals surface area (Å²) < 4.78 is 27.6. The van der Waals surface area contributed by atoms with Gasteiger partial charge < -0.3 is 14.5 Å². The number of fused-ring (bicyclic) bond motifs is 1. The highest BCUT2D eigenvalue weighted by molar-refractivity contribution is 6.74. The number of hydrogen-bond donors (Lipinski definition) is 1. The largest absolute Gasteiger partial charge is 0.462 e. The lowest BCUT2D eigenvalue weighted by molar-refractivity contribution is -0.125. The molecule has 216 valence electrons. The van der Waals surface area contributed by atoms with Crippen molar-refractivity contribution in [1.29, 1.82) is 0 Å². The molecule has 0 aromatic carbocycles. The minimum atomic E-state index is -1.92. The van der Waals surface area contributed by atoms with Gasteiger partial charge in [-0.1, -0.05) is 32.4 Å². The lowest BCUT2D eigenvalue weighted by atomic mass is 10.1. The van der Waals surface area contributed by atoms with Crippen LogP contribution in [0, 0.1) is 5.82 Å². The number of halogens is 2. The number of pyridine rings is 2. The fourth-order valence-electron chi connectivity index (χ4n) is 4.14. The number of rotatable bonds is 9. The molecule has 14 heteroatoms. The average Bonchev–Trinajstić information content (AvgIpc) is 3.32. The number of carbonyl (C=O) groups excluding carboxylic acids is 1. The first-order valence-corrected chi connectivity index (χ1v) is 16.5. The number of nitrogens with one attached hydrogen (secondary N) is 1. The molecule has 11 nitrogen and oxygen atoms in total. The van der Waals surface area contributed by atoms with Gasteiger partial charge in [-0.3, -0.25) is 9.69 Å². The van der Waals surface area contributed by atoms with Crippen molar-refractivity contribution in [3.63, 3.8) is 0 Å². The van der Waals surface area contributed by atoms with Crippen LogP contribution in [0.3, 0.4) is 0 Å². The van der Waals surface area contributed by atoms with Crippen LogP contribution in [0.2, 0.25) is 23.2 Å². The van der Waals surface area contributed by atoms with Crippen molar-refractivity contribution in [2.45, 2.75) is 51.1 Å². The molecular weight excluding hydrogens is 567 g/mol. The minimum absolute atomic E-state index is 0.0884. The molecule has 1 saturated heterocycles. The molecule has 41 heavy (non-hydrogen) atoms. The second-order valence-corrected chi connectivity index (χ2v) is 16.6. The van der Waals surface area contributed by atoms with Gasteiger partial charge in [0.2, 0.25) is 5.88 Å². The summed E-state index contributed by atoms with van der Waals surface area (Å²) in [7, 11) is -1.92. The van der Waals surface area contributed by atoms with Gasteiger partial charge in [-0.2, -0.15) is 9.78 Å². The number of nitrogens with zero attached hydrogens (tertiary/aromatic N) is 7. The predicted octanol–water partition coefficient (Wildman–Crippen LogP) is 4.49. The lowest BCUT2D eigenvalue weighted by Gasteiger charge is -2.46. The Balaban J connectivity index is 1.36. The molecule has 0 bridgehead atoms. The van der Waals surface area contributed by atoms with E-state index in [1.807, 2.05) is 0 Å². The quantitative estimate of drug-likeness (QED) is 0.278. The first kappa shape index (κ1) is 29.0. The van der Waals surface area contributed by atoms with E-state index >= 15 is 0 Å². The number of likely N-dealkylation sites (tertiary alicyclic amines) is 1. The van der Waals surface area contributed by atoms with E-state index in [1.165, 1.54) is 23.1 Å². The normalized spacial score (nSPS) is 15.5. The molecule has 0 unspecified atom stereocenters. The summed E-state index contributed by atoms with van der Waals surface area (Å²) in [5.74, 6) is -0.172. The van der Waals surface area contributed by atoms with Crippen LogP contribution in [0.25, 0.3) is 16.9 Å². The van der Waals surface area contributed by atoms with Crippen LogP contribution in [-0.2, 0) is 9.22 Å². The summed E-state index contributed by atoms with van der Waals surface area (Å²) in [4.78, 5) is 32.4. The maximum absolute atomic E-state index is 13.4. The summed E-state index contributed by atoms with van der Waals surface area (Å²) in [6.07, 6.45) is 4.62. The predicted molar refractivity (Wildman–Crippen MR) is 155 cm³/mol. The first-order valence-electron chi connectivity index (χ1n) is 13.2. The minimum Gasteiger partial charge on any atom is -0.462 e. The van der Waals surface area contributed by atoms with Crippen LogP contribution >= 0.6 is 11.6 Å². The second-order valence-electron chi connectivity index (χ2n) is 11.5. The van der Waals surface area contributed by atoms with Crippen molar-refractivity contribution >= 4 is 42.7 Å². The number of carbonyl (C=O) groups is 1. The lowest BCUT2D eigenvalue weighted by Crippen LogP contribution is -2.60. The third-order valence-corrected chi connectivity index (χ3v) is 12.2. The van der Waals surface area contributed by atoms with Gasteiger partial charge in [0, 0.05) is 25.8 Å². The molecule has 4 aromatic rings. The van der Waals surface area contributed by atoms with Gasteiger partial charge in [-0.05, 0) is 42.4 Å². The Kier molecular flexibility index (Phi) is 8.06. The van der Waals surface area contributed by atoms with E-state index in [1.54, 1.807) is 24.5 Å². The van der Waals surface area contributed by atoms with E-state index in [2.05, 4.69) is 69.1 Å². The summed E-state index contributed by atoms with van der Waals surface area (Å²) in [5.41, 5.74) is 0.418. The van der Waals surface area contributed by atoms with Crippen LogP contribution in [0.15, 0.2) is 49.2 Å². The maximum atomic E-state index is 13.4. The second kappa shape index (κ2) is 11.4. The molecular formula is C27H32ClFN8O3Si. The molecule has 0 saturated carbocycles. The zero-order valence-electron chi connectivity index (χ0n) is 23.5. The molecule has 1 amide bonds. The molecule has 1 aliphatic rings. The Labute approximate surface area is 243 Å². The fraction of sp³-hybridized carbons (Fsp3) is 0.407. The van der Waals surface area contributed by atoms with E-state index in [-0.39, 0.29) is 29.4 Å². The monoisotopic (exact) mass is 598 g/mol. The smallest absolute Gasteiger partial charge is 0.268 e. The fourth-order valence-corrected chi connectivity index (χ4v) is 5.68. The highest BCUT2D eigenvalue weighted by Gasteiger charge is 2.42. The maximum Gasteiger partial charge on any atom is 0.268 e. The van der Waals surface area contributed by atoms with Gasteiger partial charge in [0.25, 0.3) is 5.91 Å². The zero-order valence-corrected chi connectivity index (χ0v) is 25.3. The standard InChI is InChI=1S/C27H32ClFN8O3Si/c1-27(2,3)41(4,5)40-18-13-36(14-18)15-21(25(38)35-22-9-8-17(29)11-31-22)39-26-19-12-34-37(23(19)32-16-33-26)24-20(28)7-6-10-30-24/h6-12,16,18,21H,13-15H2,1-5H3,(H,31,35,38)/t21-/m0/s1. The highest BCUT2D eigenvalue weighted by atomic mass is 35.5. The van der Waals surface area contributed by atoms with Gasteiger partial charge in [-0.25, -0.2) is 24.3 Å². The summed E-state index contributed by atoms with van der Waals surface area (Å²) >= 11 is 6.33. The third kappa shape index (κ3) is 6.37. The van der Waals surface area contributed by atoms with Crippen molar-refractivity contribution in [1.82, 2.24) is 34.6 Å². The number of aromatic nitrogens is 6. The number of ether oxygens (including phenoxy) is 1. The van der Waals surface area contributed by atoms with Crippen LogP contribution in [0.5, 0.6) is 5.88 Å². The van der Waals surface area contributed by atoms with E-state index in [9.17, 15) is 9.18 Å². The molecule has 1 aliphatic heterocycles. The van der Waals surface area contributed by atoms with E-state index < -0.39 is 26.1 Å². The van der Waals surface area contributed by atoms with Crippen molar-refractivity contribution in [3.8, 4) is 11.7 Å². The Hall–Kier alpha value is -3.52. The van der Waals surface area contributed by atoms with Gasteiger partial charge in [0.15, 0.2) is 25.9 Å². The zero-order chi connectivity index (χ0) is 29.4. The van der Waals surface area contributed by atoms with Crippen LogP contribution in [0.1, 0.15) is 20.8 Å². The van der Waals surface area contributed by atoms with Crippen LogP contribution in [0.4, 0.5) is 10.2 Å². The molecule has 0 radical (unpaired) electrons. The summed E-state index contributed by atoms with van der Waals surface area (Å²) in [5, 5.41) is 8.08. The molecule has 1 N–H and O–H groups in total. The molecule has 0 aliphatic carbocycles. The summed E-state index contributed by atoms with van der Waals surface area (Å²) in [6.45, 7) is 12.7. The van der Waals surface area contributed by atoms with Gasteiger partial charge in [0.05, 0.1) is 23.5 Å². The molecule has 5 heterocycles. The first-order chi connectivity index (χ1) is 19.4. The third-order valence-electron chi connectivity index (χ3n) is 7.41. The van der Waals surface area contributed by atoms with Gasteiger partial charge >= 0.3 is 0 Å². The van der Waals surface area contributed by atoms with Crippen LogP contribution < -0.4 is 10.1 Å². The molecule has 0 spiro atoms. The van der Waals surface area contributed by atoms with Crippen molar-refractivity contribution < 1.29 is 18.3 Å². The topological polar surface area (TPSA) is 120 Å². The number of amides is 1. The van der Waals surface area contributed by atoms with Crippen molar-refractivity contribution in [3.05, 3.63) is 60.0 Å². The van der Waals surface area contributed by atoms with E-state index in [0.29, 0.717) is 35.0 Å². The van der Waals surface area contributed by atoms with Crippen LogP contribution in [-0.4, -0.2) is 80.7 Å². The Morgan fingerprint density at radius 2 is 1.95 bits per heavy atom. The SMILES string of the molecule is CC(C)(C)[Si](C)(C)OC1CN(C[C@H](Oc2ncnc3c2cnn3-c2ncccc2Cl)C(=O)Nc2ccc(F)cn2)C1. The Morgan fingerprint density at radius 3 is 2.63 bits per heavy atom. The average molecular weight is 599 g/mol. The van der Waals surface area contributed by atoms with E-state index in [0.717, 1.165) is 6.20 Å². The highest BCUT2D eigenvalue weighted by Crippen LogP contribution is 2.38.